The number of methoxy groups -OCH3 is 1. The van der Waals surface area contributed by atoms with E-state index >= 15 is 0 Å². The molecule has 6 nitrogen and oxygen atoms in total. The lowest BCUT2D eigenvalue weighted by atomic mass is 9.94. The first-order valence-electron chi connectivity index (χ1n) is 8.00. The molecule has 0 bridgehead atoms. The van der Waals surface area contributed by atoms with Crippen LogP contribution in [0.4, 0.5) is 0 Å². The zero-order valence-electron chi connectivity index (χ0n) is 13.9. The molecule has 1 N–H and O–H groups in total. The van der Waals surface area contributed by atoms with Gasteiger partial charge in [-0.25, -0.2) is 0 Å². The molecule has 2 aromatic rings. The standard InChI is InChI=1S/C18H21N3O3/c1-19-17(23)18(12-24-2)8-4-10-21(18)16(22)15-6-3-5-13-11-20-9-7-14(13)15/h3,5-7,9,11H,4,8,10,12H2,1-2H3,(H,19,23). The van der Waals surface area contributed by atoms with E-state index in [1.54, 1.807) is 37.5 Å². The number of nitrogens with zero attached hydrogens (tertiary/aromatic N) is 2. The minimum Gasteiger partial charge on any atom is -0.382 e. The normalized spacial score (nSPS) is 20.3. The highest BCUT2D eigenvalue weighted by atomic mass is 16.5. The van der Waals surface area contributed by atoms with Gasteiger partial charge in [-0.05, 0) is 30.4 Å². The molecule has 1 aliphatic rings. The van der Waals surface area contributed by atoms with Crippen LogP contribution in [0.1, 0.15) is 23.2 Å². The summed E-state index contributed by atoms with van der Waals surface area (Å²) in [7, 11) is 3.14. The Labute approximate surface area is 140 Å². The van der Waals surface area contributed by atoms with Crippen molar-refractivity contribution in [3.05, 3.63) is 42.2 Å². The number of nitrogens with one attached hydrogen (secondary N) is 1. The Morgan fingerprint density at radius 2 is 2.21 bits per heavy atom. The minimum absolute atomic E-state index is 0.148. The molecule has 1 atom stereocenters. The zero-order chi connectivity index (χ0) is 17.2. The van der Waals surface area contributed by atoms with Crippen molar-refractivity contribution in [1.82, 2.24) is 15.2 Å². The molecule has 0 aliphatic carbocycles. The number of rotatable bonds is 4. The minimum atomic E-state index is -0.949. The van der Waals surface area contributed by atoms with Crippen molar-refractivity contribution in [2.24, 2.45) is 0 Å². The Morgan fingerprint density at radius 3 is 2.96 bits per heavy atom. The maximum Gasteiger partial charge on any atom is 0.255 e. The molecule has 0 saturated carbocycles. The van der Waals surface area contributed by atoms with Crippen molar-refractivity contribution < 1.29 is 14.3 Å². The zero-order valence-corrected chi connectivity index (χ0v) is 13.9. The quantitative estimate of drug-likeness (QED) is 0.926. The molecule has 6 heteroatoms. The number of likely N-dealkylation sites (tertiary alicyclic amines) is 1. The van der Waals surface area contributed by atoms with Gasteiger partial charge in [0.05, 0.1) is 6.61 Å². The van der Waals surface area contributed by atoms with Gasteiger partial charge >= 0.3 is 0 Å². The molecular formula is C18H21N3O3. The first-order chi connectivity index (χ1) is 11.6. The first-order valence-corrected chi connectivity index (χ1v) is 8.00. The Hall–Kier alpha value is -2.47. The molecule has 1 saturated heterocycles. The van der Waals surface area contributed by atoms with Crippen LogP contribution in [0.25, 0.3) is 10.8 Å². The van der Waals surface area contributed by atoms with Crippen LogP contribution >= 0.6 is 0 Å². The fourth-order valence-electron chi connectivity index (χ4n) is 3.55. The van der Waals surface area contributed by atoms with Crippen molar-refractivity contribution in [2.45, 2.75) is 18.4 Å². The molecule has 1 fully saturated rings. The van der Waals surface area contributed by atoms with Gasteiger partial charge in [-0.3, -0.25) is 14.6 Å². The summed E-state index contributed by atoms with van der Waals surface area (Å²) in [6.45, 7) is 0.724. The maximum atomic E-state index is 13.2. The number of carbonyl (C=O) groups is 2. The third-order valence-corrected chi connectivity index (χ3v) is 4.68. The largest absolute Gasteiger partial charge is 0.382 e. The van der Waals surface area contributed by atoms with Crippen LogP contribution in [0.5, 0.6) is 0 Å². The highest BCUT2D eigenvalue weighted by molar-refractivity contribution is 6.08. The summed E-state index contributed by atoms with van der Waals surface area (Å²) in [6.07, 6.45) is 4.77. The predicted molar refractivity (Wildman–Crippen MR) is 90.7 cm³/mol. The summed E-state index contributed by atoms with van der Waals surface area (Å²) in [4.78, 5) is 31.5. The number of ether oxygens (including phenoxy) is 1. The lowest BCUT2D eigenvalue weighted by Crippen LogP contribution is -2.59. The van der Waals surface area contributed by atoms with Gasteiger partial charge in [0.2, 0.25) is 5.91 Å². The lowest BCUT2D eigenvalue weighted by Gasteiger charge is -2.36. The number of aromatic nitrogens is 1. The van der Waals surface area contributed by atoms with Crippen LogP contribution < -0.4 is 5.32 Å². The molecule has 1 aromatic carbocycles. The Balaban J connectivity index is 2.05. The SMILES string of the molecule is CNC(=O)C1(COC)CCCN1C(=O)c1cccc2cnccc12. The summed E-state index contributed by atoms with van der Waals surface area (Å²) in [5, 5.41) is 4.43. The van der Waals surface area contributed by atoms with Crippen molar-refractivity contribution in [1.29, 1.82) is 0 Å². The van der Waals surface area contributed by atoms with Gasteiger partial charge in [0.1, 0.15) is 5.54 Å². The molecule has 126 valence electrons. The summed E-state index contributed by atoms with van der Waals surface area (Å²) in [5.41, 5.74) is -0.364. The van der Waals surface area contributed by atoms with Gasteiger partial charge in [0, 0.05) is 44.0 Å². The number of amides is 2. The molecule has 3 rings (SSSR count). The first kappa shape index (κ1) is 16.4. The van der Waals surface area contributed by atoms with E-state index in [9.17, 15) is 9.59 Å². The van der Waals surface area contributed by atoms with Crippen LogP contribution in [0, 0.1) is 0 Å². The number of benzene rings is 1. The van der Waals surface area contributed by atoms with E-state index < -0.39 is 5.54 Å². The fraction of sp³-hybridized carbons (Fsp3) is 0.389. The molecule has 2 amide bonds. The van der Waals surface area contributed by atoms with E-state index in [0.29, 0.717) is 18.5 Å². The number of fused-ring (bicyclic) bond motifs is 1. The summed E-state index contributed by atoms with van der Waals surface area (Å²) in [5.74, 6) is -0.331. The second-order valence-electron chi connectivity index (χ2n) is 6.01. The van der Waals surface area contributed by atoms with E-state index in [1.165, 1.54) is 0 Å². The van der Waals surface area contributed by atoms with Crippen LogP contribution in [-0.4, -0.2) is 54.5 Å². The van der Waals surface area contributed by atoms with Crippen LogP contribution in [0.3, 0.4) is 0 Å². The van der Waals surface area contributed by atoms with Gasteiger partial charge in [-0.2, -0.15) is 0 Å². The van der Waals surface area contributed by atoms with Crippen LogP contribution in [0.2, 0.25) is 0 Å². The maximum absolute atomic E-state index is 13.2. The number of pyridine rings is 1. The van der Waals surface area contributed by atoms with Crippen molar-refractivity contribution >= 4 is 22.6 Å². The Kier molecular flexibility index (Phi) is 4.49. The predicted octanol–water partition coefficient (Wildman–Crippen LogP) is 1.60. The third kappa shape index (κ3) is 2.53. The third-order valence-electron chi connectivity index (χ3n) is 4.68. The topological polar surface area (TPSA) is 71.5 Å². The highest BCUT2D eigenvalue weighted by Gasteiger charge is 2.49. The smallest absolute Gasteiger partial charge is 0.255 e. The Bertz CT molecular complexity index is 772. The van der Waals surface area contributed by atoms with E-state index in [0.717, 1.165) is 17.2 Å². The Morgan fingerprint density at radius 1 is 1.38 bits per heavy atom. The number of carbonyl (C=O) groups excluding carboxylic acids is 2. The van der Waals surface area contributed by atoms with E-state index in [1.807, 2.05) is 18.2 Å². The molecule has 0 radical (unpaired) electrons. The lowest BCUT2D eigenvalue weighted by molar-refractivity contribution is -0.133. The van der Waals surface area contributed by atoms with Gasteiger partial charge in [0.25, 0.3) is 5.91 Å². The summed E-state index contributed by atoms with van der Waals surface area (Å²) < 4.78 is 5.29. The second kappa shape index (κ2) is 6.57. The monoisotopic (exact) mass is 327 g/mol. The molecular weight excluding hydrogens is 306 g/mol. The average Bonchev–Trinajstić information content (AvgIpc) is 3.05. The average molecular weight is 327 g/mol. The molecule has 2 heterocycles. The van der Waals surface area contributed by atoms with Crippen LogP contribution in [0.15, 0.2) is 36.7 Å². The van der Waals surface area contributed by atoms with Gasteiger partial charge in [-0.15, -0.1) is 0 Å². The van der Waals surface area contributed by atoms with E-state index in [2.05, 4.69) is 10.3 Å². The second-order valence-corrected chi connectivity index (χ2v) is 6.01. The van der Waals surface area contributed by atoms with E-state index in [4.69, 9.17) is 4.74 Å². The highest BCUT2D eigenvalue weighted by Crippen LogP contribution is 2.33. The van der Waals surface area contributed by atoms with Crippen molar-refractivity contribution in [3.63, 3.8) is 0 Å². The molecule has 0 spiro atoms. The van der Waals surface area contributed by atoms with Gasteiger partial charge in [0.15, 0.2) is 0 Å². The van der Waals surface area contributed by atoms with Crippen molar-refractivity contribution in [3.8, 4) is 0 Å². The molecule has 1 unspecified atom stereocenters. The van der Waals surface area contributed by atoms with Crippen LogP contribution in [-0.2, 0) is 9.53 Å². The van der Waals surface area contributed by atoms with Crippen molar-refractivity contribution in [2.75, 3.05) is 27.3 Å². The molecule has 1 aromatic heterocycles. The number of likely N-dealkylation sites (N-methyl/N-ethyl adjacent to an activating group) is 1. The van der Waals surface area contributed by atoms with E-state index in [-0.39, 0.29) is 18.4 Å². The molecule has 24 heavy (non-hydrogen) atoms. The molecule has 1 aliphatic heterocycles. The van der Waals surface area contributed by atoms with Gasteiger partial charge < -0.3 is 15.0 Å². The van der Waals surface area contributed by atoms with Gasteiger partial charge in [-0.1, -0.05) is 12.1 Å². The summed E-state index contributed by atoms with van der Waals surface area (Å²) in [6, 6.07) is 7.39. The summed E-state index contributed by atoms with van der Waals surface area (Å²) >= 11 is 0. The number of hydrogen-bond donors (Lipinski definition) is 1. The fourth-order valence-corrected chi connectivity index (χ4v) is 3.55. The number of hydrogen-bond acceptors (Lipinski definition) is 4.